The standard InChI is InChI=1S/C21H27ClN6O5S.C13H15ClN4O4.C11H13ClN4O3/c1-5-12(3)28-19-17(16(11-33-13(4)29)25-21(22)27-19)26-18(20(28)30)24-9-14-7-8-15(10-23-14)34(31,32)6-2;1-4-6(2)18-10-9(16-11(20)12(18)21)8(5-22-7(3)19)15-13(14)17-10;1-3-5(2)16-8-7(14-9(18)10(16)19)6(4-17)13-11(12)15-8/h7-8,10,12,18,24,26H,5-6,9,11H2,1-4H3;6H,4-5H2,1-3H3,(H,16,20);5,17H,3-4H2,1-2H3,(H,14,18)/t12-,18?;6-;5-/m111/s1. The van der Waals surface area contributed by atoms with Crippen LogP contribution in [0.1, 0.15) is 116 Å². The summed E-state index contributed by atoms with van der Waals surface area (Å²) in [4.78, 5) is 118. The van der Waals surface area contributed by atoms with E-state index in [4.69, 9.17) is 44.3 Å². The van der Waals surface area contributed by atoms with Crippen molar-refractivity contribution in [2.75, 3.05) is 16.0 Å². The zero-order valence-electron chi connectivity index (χ0n) is 42.2. The summed E-state index contributed by atoms with van der Waals surface area (Å²) in [7, 11) is -3.35. The lowest BCUT2D eigenvalue weighted by Gasteiger charge is -2.38. The van der Waals surface area contributed by atoms with Gasteiger partial charge in [-0.05, 0) is 87.0 Å². The van der Waals surface area contributed by atoms with Crippen molar-refractivity contribution < 1.29 is 37.4 Å². The van der Waals surface area contributed by atoms with Gasteiger partial charge >= 0.3 is 34.2 Å². The summed E-state index contributed by atoms with van der Waals surface area (Å²) in [6.45, 7) is 14.8. The molecule has 1 aliphatic rings. The van der Waals surface area contributed by atoms with Gasteiger partial charge in [0.25, 0.3) is 5.91 Å². The van der Waals surface area contributed by atoms with Crippen LogP contribution in [0.4, 0.5) is 11.5 Å². The Hall–Kier alpha value is -6.78. The quantitative estimate of drug-likeness (QED) is 0.0522. The van der Waals surface area contributed by atoms with Crippen molar-refractivity contribution >= 4 is 96.3 Å². The molecule has 0 aromatic carbocycles. The summed E-state index contributed by atoms with van der Waals surface area (Å²) in [5.41, 5.74) is -0.324. The van der Waals surface area contributed by atoms with E-state index in [1.165, 1.54) is 35.2 Å². The van der Waals surface area contributed by atoms with Gasteiger partial charge in [0, 0.05) is 44.7 Å². The maximum Gasteiger partial charge on any atom is 0.318 e. The third kappa shape index (κ3) is 13.9. The normalized spacial score (nSPS) is 14.4. The van der Waals surface area contributed by atoms with Crippen LogP contribution in [-0.4, -0.2) is 103 Å². The number of hydrogen-bond donors (Lipinski definition) is 5. The van der Waals surface area contributed by atoms with Gasteiger partial charge in [0.1, 0.15) is 41.3 Å². The van der Waals surface area contributed by atoms with Gasteiger partial charge in [-0.25, -0.2) is 23.4 Å². The molecule has 26 nitrogen and oxygen atoms in total. The fraction of sp³-hybridized carbons (Fsp3) is 0.467. The number of nitrogens with one attached hydrogen (secondary N) is 4. The molecular weight excluding hydrogens is 1070 g/mol. The largest absolute Gasteiger partial charge is 0.459 e. The number of pyridine rings is 1. The molecular formula is C45H55Cl3N14O12S. The fourth-order valence-corrected chi connectivity index (χ4v) is 8.55. The molecule has 0 spiro atoms. The number of rotatable bonds is 16. The van der Waals surface area contributed by atoms with E-state index in [-0.39, 0.29) is 104 Å². The average Bonchev–Trinajstić information content (AvgIpc) is 3.37. The number of aliphatic hydroxyl groups is 1. The first-order valence-electron chi connectivity index (χ1n) is 23.3. The fourth-order valence-electron chi connectivity index (χ4n) is 7.18. The number of aromatic amines is 2. The Morgan fingerprint density at radius 3 is 1.67 bits per heavy atom. The molecule has 1 amide bonds. The number of sulfone groups is 1. The SMILES string of the molecule is CC[C@@H](C)N1C(=O)C(NCc2ccc(S(=O)(=O)CC)cn2)Nc2c(COC(C)=O)nc(Cl)nc21.CC[C@@H](C)n1c(=O)c(=O)[nH]c2c(CO)nc(Cl)nc21.CC[C@@H](C)n1c(=O)c(=O)[nH]c2c(COC(C)=O)nc(Cl)nc21. The van der Waals surface area contributed by atoms with E-state index >= 15 is 0 Å². The van der Waals surface area contributed by atoms with Gasteiger partial charge in [0.15, 0.2) is 33.1 Å². The lowest BCUT2D eigenvalue weighted by atomic mass is 10.1. The lowest BCUT2D eigenvalue weighted by molar-refractivity contribution is -0.143. The van der Waals surface area contributed by atoms with E-state index in [1.54, 1.807) is 31.7 Å². The summed E-state index contributed by atoms with van der Waals surface area (Å²) in [6, 6.07) is 2.44. The van der Waals surface area contributed by atoms with Crippen LogP contribution in [0.5, 0.6) is 0 Å². The first kappa shape index (κ1) is 59.1. The van der Waals surface area contributed by atoms with Crippen LogP contribution < -0.4 is 37.8 Å². The van der Waals surface area contributed by atoms with Gasteiger partial charge in [-0.1, -0.05) is 27.7 Å². The number of carbonyl (C=O) groups is 3. The number of nitrogens with zero attached hydrogens (tertiary/aromatic N) is 10. The van der Waals surface area contributed by atoms with E-state index in [1.807, 2.05) is 27.7 Å². The summed E-state index contributed by atoms with van der Waals surface area (Å²) < 4.78 is 36.5. The summed E-state index contributed by atoms with van der Waals surface area (Å²) >= 11 is 17.8. The van der Waals surface area contributed by atoms with Gasteiger partial charge in [0.2, 0.25) is 15.9 Å². The van der Waals surface area contributed by atoms with E-state index in [0.29, 0.717) is 42.2 Å². The van der Waals surface area contributed by atoms with E-state index in [2.05, 4.69) is 55.5 Å². The molecule has 7 rings (SSSR count). The van der Waals surface area contributed by atoms with Gasteiger partial charge in [-0.3, -0.25) is 57.9 Å². The van der Waals surface area contributed by atoms with Crippen molar-refractivity contribution in [1.82, 2.24) is 59.3 Å². The molecule has 0 radical (unpaired) electrons. The number of fused-ring (bicyclic) bond motifs is 3. The minimum absolute atomic E-state index is 0.0145. The Labute approximate surface area is 442 Å². The molecule has 1 unspecified atom stereocenters. The van der Waals surface area contributed by atoms with Crippen molar-refractivity contribution in [3.63, 3.8) is 0 Å². The van der Waals surface area contributed by atoms with Crippen LogP contribution in [0, 0.1) is 0 Å². The molecule has 6 aromatic rings. The summed E-state index contributed by atoms with van der Waals surface area (Å²) in [5, 5.41) is 15.2. The number of carbonyl (C=O) groups excluding carboxylic acids is 3. The van der Waals surface area contributed by atoms with E-state index in [0.717, 1.165) is 0 Å². The number of halogens is 3. The molecule has 6 aromatic heterocycles. The third-order valence-corrected chi connectivity index (χ3v) is 13.9. The minimum Gasteiger partial charge on any atom is -0.459 e. The minimum atomic E-state index is -3.35. The van der Waals surface area contributed by atoms with Crippen LogP contribution in [-0.2, 0) is 60.1 Å². The first-order valence-corrected chi connectivity index (χ1v) is 26.1. The molecule has 0 saturated carbocycles. The van der Waals surface area contributed by atoms with E-state index in [9.17, 15) is 47.1 Å². The third-order valence-electron chi connectivity index (χ3n) is 11.7. The highest BCUT2D eigenvalue weighted by molar-refractivity contribution is 7.91. The monoisotopic (exact) mass is 1120 g/mol. The van der Waals surface area contributed by atoms with Gasteiger partial charge < -0.3 is 29.9 Å². The molecule has 7 heterocycles. The first-order chi connectivity index (χ1) is 35.4. The van der Waals surface area contributed by atoms with Crippen LogP contribution in [0.15, 0.2) is 42.4 Å². The van der Waals surface area contributed by atoms with Crippen LogP contribution in [0.3, 0.4) is 0 Å². The summed E-state index contributed by atoms with van der Waals surface area (Å²) in [6.07, 6.45) is 2.38. The second-order valence-corrected chi connectivity index (χ2v) is 20.0. The number of ether oxygens (including phenoxy) is 2. The maximum absolute atomic E-state index is 13.3. The second-order valence-electron chi connectivity index (χ2n) is 16.7. The molecule has 4 atom stereocenters. The Bertz CT molecular complexity index is 3470. The highest BCUT2D eigenvalue weighted by Gasteiger charge is 2.38. The Kier molecular flexibility index (Phi) is 20.2. The second kappa shape index (κ2) is 25.6. The van der Waals surface area contributed by atoms with Crippen molar-refractivity contribution in [3.05, 3.63) is 98.4 Å². The zero-order chi connectivity index (χ0) is 55.6. The van der Waals surface area contributed by atoms with Gasteiger partial charge in [0.05, 0.1) is 28.6 Å². The number of hydrogen-bond acceptors (Lipinski definition) is 21. The predicted molar refractivity (Wildman–Crippen MR) is 276 cm³/mol. The van der Waals surface area contributed by atoms with E-state index < -0.39 is 56.8 Å². The Morgan fingerprint density at radius 2 is 1.20 bits per heavy atom. The molecule has 75 heavy (non-hydrogen) atoms. The van der Waals surface area contributed by atoms with Crippen LogP contribution >= 0.6 is 34.8 Å². The van der Waals surface area contributed by atoms with Crippen molar-refractivity contribution in [3.8, 4) is 0 Å². The van der Waals surface area contributed by atoms with Crippen molar-refractivity contribution in [2.24, 2.45) is 0 Å². The number of anilines is 2. The lowest BCUT2D eigenvalue weighted by Crippen LogP contribution is -2.57. The molecule has 0 aliphatic carbocycles. The number of H-pyrrole nitrogens is 2. The highest BCUT2D eigenvalue weighted by atomic mass is 35.5. The van der Waals surface area contributed by atoms with Crippen molar-refractivity contribution in [1.29, 1.82) is 0 Å². The van der Waals surface area contributed by atoms with Gasteiger partial charge in [-0.2, -0.15) is 15.0 Å². The average molecular weight is 1120 g/mol. The number of aromatic nitrogens is 11. The van der Waals surface area contributed by atoms with Gasteiger partial charge in [-0.15, -0.1) is 0 Å². The maximum atomic E-state index is 13.3. The topological polar surface area (TPSA) is 351 Å². The smallest absolute Gasteiger partial charge is 0.318 e. The number of amides is 1. The summed E-state index contributed by atoms with van der Waals surface area (Å²) in [5.74, 6) is -0.963. The zero-order valence-corrected chi connectivity index (χ0v) is 45.2. The van der Waals surface area contributed by atoms with Crippen LogP contribution in [0.2, 0.25) is 15.9 Å². The Morgan fingerprint density at radius 1 is 0.720 bits per heavy atom. The molecule has 30 heteroatoms. The molecule has 0 saturated heterocycles. The highest BCUT2D eigenvalue weighted by Crippen LogP contribution is 2.35. The van der Waals surface area contributed by atoms with Crippen molar-refractivity contribution in [2.45, 2.75) is 137 Å². The Balaban J connectivity index is 0.000000220. The van der Waals surface area contributed by atoms with Crippen LogP contribution in [0.25, 0.3) is 22.3 Å². The molecule has 0 fully saturated rings. The molecule has 404 valence electrons. The predicted octanol–water partition coefficient (Wildman–Crippen LogP) is 3.82. The number of aliphatic hydroxyl groups excluding tert-OH is 1. The number of esters is 2. The molecule has 1 aliphatic heterocycles. The molecule has 0 bridgehead atoms. The molecule has 5 N–H and O–H groups in total.